The van der Waals surface area contributed by atoms with Crippen molar-refractivity contribution in [3.05, 3.63) is 47.1 Å². The van der Waals surface area contributed by atoms with E-state index < -0.39 is 11.7 Å². The summed E-state index contributed by atoms with van der Waals surface area (Å²) in [5, 5.41) is 2.58. The summed E-state index contributed by atoms with van der Waals surface area (Å²) in [7, 11) is 0. The van der Waals surface area contributed by atoms with E-state index in [-0.39, 0.29) is 10.7 Å². The second-order valence-electron chi connectivity index (χ2n) is 5.74. The van der Waals surface area contributed by atoms with Gasteiger partial charge in [0.1, 0.15) is 17.3 Å². The molecule has 2 heterocycles. The van der Waals surface area contributed by atoms with Gasteiger partial charge in [-0.25, -0.2) is 14.4 Å². The molecule has 1 aliphatic heterocycles. The van der Waals surface area contributed by atoms with E-state index in [1.54, 1.807) is 6.20 Å². The second kappa shape index (κ2) is 7.57. The molecule has 0 unspecified atom stereocenters. The predicted octanol–water partition coefficient (Wildman–Crippen LogP) is 3.90. The molecule has 1 aromatic heterocycles. The third kappa shape index (κ3) is 4.00. The number of rotatable bonds is 3. The molecule has 0 bridgehead atoms. The zero-order valence-electron chi connectivity index (χ0n) is 13.1. The molecule has 5 nitrogen and oxygen atoms in total. The Morgan fingerprint density at radius 1 is 1.12 bits per heavy atom. The average Bonchev–Trinajstić information content (AvgIpc) is 2.88. The Balaban J connectivity index is 1.68. The van der Waals surface area contributed by atoms with Crippen molar-refractivity contribution in [2.45, 2.75) is 25.7 Å². The van der Waals surface area contributed by atoms with Crippen molar-refractivity contribution in [3.63, 3.8) is 0 Å². The number of aromatic nitrogens is 2. The summed E-state index contributed by atoms with van der Waals surface area (Å²) >= 11 is 5.70. The van der Waals surface area contributed by atoms with E-state index in [0.29, 0.717) is 5.69 Å². The number of hydrogen-bond acceptors (Lipinski definition) is 4. The Labute approximate surface area is 144 Å². The number of nitrogens with one attached hydrogen (secondary N) is 1. The van der Waals surface area contributed by atoms with Gasteiger partial charge in [0.2, 0.25) is 0 Å². The second-order valence-corrected chi connectivity index (χ2v) is 6.15. The maximum Gasteiger partial charge on any atom is 0.275 e. The van der Waals surface area contributed by atoms with E-state index in [1.165, 1.54) is 37.2 Å². The van der Waals surface area contributed by atoms with Gasteiger partial charge in [0.15, 0.2) is 0 Å². The summed E-state index contributed by atoms with van der Waals surface area (Å²) in [6, 6.07) is 4.00. The molecule has 0 atom stereocenters. The summed E-state index contributed by atoms with van der Waals surface area (Å²) < 4.78 is 13.1. The van der Waals surface area contributed by atoms with Crippen LogP contribution in [0.5, 0.6) is 0 Å². The van der Waals surface area contributed by atoms with Gasteiger partial charge < -0.3 is 10.2 Å². The Kier molecular flexibility index (Phi) is 5.25. The van der Waals surface area contributed by atoms with Gasteiger partial charge in [-0.05, 0) is 31.0 Å². The molecular weight excluding hydrogens is 331 g/mol. The molecule has 1 saturated heterocycles. The van der Waals surface area contributed by atoms with Gasteiger partial charge in [0, 0.05) is 18.8 Å². The fraction of sp³-hybridized carbons (Fsp3) is 0.353. The van der Waals surface area contributed by atoms with Crippen molar-refractivity contribution < 1.29 is 9.18 Å². The van der Waals surface area contributed by atoms with Crippen molar-refractivity contribution >= 4 is 29.0 Å². The number of halogens is 2. The number of amides is 1. The number of nitrogens with zero attached hydrogens (tertiary/aromatic N) is 3. The van der Waals surface area contributed by atoms with Crippen LogP contribution in [0.25, 0.3) is 0 Å². The van der Waals surface area contributed by atoms with Gasteiger partial charge >= 0.3 is 0 Å². The van der Waals surface area contributed by atoms with Crippen LogP contribution >= 0.6 is 11.6 Å². The molecule has 0 spiro atoms. The van der Waals surface area contributed by atoms with Crippen LogP contribution in [-0.2, 0) is 0 Å². The lowest BCUT2D eigenvalue weighted by Gasteiger charge is -2.20. The van der Waals surface area contributed by atoms with E-state index in [2.05, 4.69) is 20.2 Å². The van der Waals surface area contributed by atoms with Crippen LogP contribution in [0.15, 0.2) is 30.6 Å². The van der Waals surface area contributed by atoms with Gasteiger partial charge in [-0.2, -0.15) is 0 Å². The number of hydrogen-bond donors (Lipinski definition) is 1. The average molecular weight is 349 g/mol. The van der Waals surface area contributed by atoms with Crippen LogP contribution in [0.1, 0.15) is 36.2 Å². The number of anilines is 2. The first kappa shape index (κ1) is 16.6. The minimum Gasteiger partial charge on any atom is -0.355 e. The highest BCUT2D eigenvalue weighted by Crippen LogP contribution is 2.20. The van der Waals surface area contributed by atoms with Gasteiger partial charge in [0.05, 0.1) is 17.4 Å². The molecule has 1 N–H and O–H groups in total. The zero-order chi connectivity index (χ0) is 16.9. The highest BCUT2D eigenvalue weighted by molar-refractivity contribution is 6.31. The zero-order valence-corrected chi connectivity index (χ0v) is 13.9. The van der Waals surface area contributed by atoms with Crippen molar-refractivity contribution in [1.29, 1.82) is 0 Å². The van der Waals surface area contributed by atoms with Gasteiger partial charge in [-0.3, -0.25) is 4.79 Å². The lowest BCUT2D eigenvalue weighted by Crippen LogP contribution is -2.25. The summed E-state index contributed by atoms with van der Waals surface area (Å²) in [5.41, 5.74) is 0.610. The third-order valence-electron chi connectivity index (χ3n) is 3.98. The van der Waals surface area contributed by atoms with Gasteiger partial charge in [0.25, 0.3) is 5.91 Å². The number of carbonyl (C=O) groups excluding carboxylic acids is 1. The molecule has 126 valence electrons. The minimum absolute atomic E-state index is 0.0459. The molecule has 7 heteroatoms. The normalized spacial score (nSPS) is 15.0. The first-order valence-corrected chi connectivity index (χ1v) is 8.35. The molecule has 24 heavy (non-hydrogen) atoms. The van der Waals surface area contributed by atoms with E-state index in [0.717, 1.165) is 31.7 Å². The van der Waals surface area contributed by atoms with E-state index in [9.17, 15) is 9.18 Å². The van der Waals surface area contributed by atoms with E-state index in [1.807, 2.05) is 0 Å². The molecule has 1 amide bonds. The fourth-order valence-corrected chi connectivity index (χ4v) is 2.85. The summed E-state index contributed by atoms with van der Waals surface area (Å²) in [6.45, 7) is 1.93. The van der Waals surface area contributed by atoms with Crippen LogP contribution in [0.4, 0.5) is 15.9 Å². The smallest absolute Gasteiger partial charge is 0.275 e. The fourth-order valence-electron chi connectivity index (χ4n) is 2.67. The lowest BCUT2D eigenvalue weighted by atomic mass is 10.2. The number of benzene rings is 1. The molecule has 0 radical (unpaired) electrons. The summed E-state index contributed by atoms with van der Waals surface area (Å²) in [5.74, 6) is -0.151. The molecule has 0 saturated carbocycles. The van der Waals surface area contributed by atoms with Crippen LogP contribution < -0.4 is 10.2 Å². The Morgan fingerprint density at radius 2 is 1.88 bits per heavy atom. The quantitative estimate of drug-likeness (QED) is 0.913. The highest BCUT2D eigenvalue weighted by atomic mass is 35.5. The molecule has 1 aromatic carbocycles. The van der Waals surface area contributed by atoms with Crippen molar-refractivity contribution in [3.8, 4) is 0 Å². The first-order valence-electron chi connectivity index (χ1n) is 7.97. The van der Waals surface area contributed by atoms with Crippen LogP contribution in [-0.4, -0.2) is 29.0 Å². The molecule has 1 aliphatic rings. The molecule has 1 fully saturated rings. The van der Waals surface area contributed by atoms with Gasteiger partial charge in [-0.1, -0.05) is 24.4 Å². The van der Waals surface area contributed by atoms with Crippen molar-refractivity contribution in [2.75, 3.05) is 23.3 Å². The molecule has 2 aromatic rings. The van der Waals surface area contributed by atoms with Crippen LogP contribution in [0.3, 0.4) is 0 Å². The predicted molar refractivity (Wildman–Crippen MR) is 92.1 cm³/mol. The van der Waals surface area contributed by atoms with Crippen LogP contribution in [0, 0.1) is 5.82 Å². The number of carbonyl (C=O) groups is 1. The SMILES string of the molecule is O=C(Nc1ccc(F)c(Cl)c1)c1cnc(N2CCCCCC2)cn1. The lowest BCUT2D eigenvalue weighted by molar-refractivity contribution is 0.102. The maximum atomic E-state index is 13.1. The van der Waals surface area contributed by atoms with Crippen molar-refractivity contribution in [2.24, 2.45) is 0 Å². The Bertz CT molecular complexity index is 715. The van der Waals surface area contributed by atoms with Crippen molar-refractivity contribution in [1.82, 2.24) is 9.97 Å². The van der Waals surface area contributed by atoms with E-state index in [4.69, 9.17) is 11.6 Å². The topological polar surface area (TPSA) is 58.1 Å². The van der Waals surface area contributed by atoms with Crippen LogP contribution in [0.2, 0.25) is 5.02 Å². The standard InChI is InChI=1S/C17H18ClFN4O/c18-13-9-12(5-6-14(13)19)22-17(24)15-10-21-16(11-20-15)23-7-3-1-2-4-8-23/h5-6,9-11H,1-4,7-8H2,(H,22,24). The highest BCUT2D eigenvalue weighted by Gasteiger charge is 2.14. The van der Waals surface area contributed by atoms with E-state index >= 15 is 0 Å². The monoisotopic (exact) mass is 348 g/mol. The molecule has 3 rings (SSSR count). The first-order chi connectivity index (χ1) is 11.6. The Hall–Kier alpha value is -2.21. The molecule has 0 aliphatic carbocycles. The minimum atomic E-state index is -0.531. The van der Waals surface area contributed by atoms with Gasteiger partial charge in [-0.15, -0.1) is 0 Å². The molecular formula is C17H18ClFN4O. The third-order valence-corrected chi connectivity index (χ3v) is 4.27. The summed E-state index contributed by atoms with van der Waals surface area (Å²) in [6.07, 6.45) is 7.86. The maximum absolute atomic E-state index is 13.1. The Morgan fingerprint density at radius 3 is 2.50 bits per heavy atom. The summed E-state index contributed by atoms with van der Waals surface area (Å²) in [4.78, 5) is 22.9. The largest absolute Gasteiger partial charge is 0.355 e.